The molecule has 0 saturated heterocycles. The van der Waals surface area contributed by atoms with Gasteiger partial charge in [-0.25, -0.2) is 0 Å². The van der Waals surface area contributed by atoms with Gasteiger partial charge in [-0.05, 0) is 23.9 Å². The van der Waals surface area contributed by atoms with Crippen LogP contribution >= 0.6 is 11.3 Å². The lowest BCUT2D eigenvalue weighted by atomic mass is 10.0. The van der Waals surface area contributed by atoms with Crippen molar-refractivity contribution in [2.24, 2.45) is 11.7 Å². The third-order valence-corrected chi connectivity index (χ3v) is 4.56. The molecule has 1 rings (SSSR count). The number of rotatable bonds is 8. The van der Waals surface area contributed by atoms with Crippen molar-refractivity contribution in [3.63, 3.8) is 0 Å². The highest BCUT2D eigenvalue weighted by Gasteiger charge is 2.20. The Morgan fingerprint density at radius 3 is 2.41 bits per heavy atom. The van der Waals surface area contributed by atoms with Crippen molar-refractivity contribution < 1.29 is 0 Å². The van der Waals surface area contributed by atoms with Crippen molar-refractivity contribution in [2.45, 2.75) is 39.7 Å². The van der Waals surface area contributed by atoms with E-state index in [0.717, 1.165) is 12.5 Å². The highest BCUT2D eigenvalue weighted by molar-refractivity contribution is 7.10. The summed E-state index contributed by atoms with van der Waals surface area (Å²) in [6.07, 6.45) is 2.52. The van der Waals surface area contributed by atoms with Gasteiger partial charge in [-0.15, -0.1) is 11.3 Å². The minimum Gasteiger partial charge on any atom is -0.329 e. The highest BCUT2D eigenvalue weighted by Crippen LogP contribution is 2.25. The largest absolute Gasteiger partial charge is 0.329 e. The molecule has 1 aromatic heterocycles. The maximum Gasteiger partial charge on any atom is 0.0564 e. The summed E-state index contributed by atoms with van der Waals surface area (Å²) in [4.78, 5) is 3.93. The van der Waals surface area contributed by atoms with Gasteiger partial charge in [0.2, 0.25) is 0 Å². The van der Waals surface area contributed by atoms with E-state index in [4.69, 9.17) is 5.73 Å². The second-order valence-corrected chi connectivity index (χ2v) is 5.52. The van der Waals surface area contributed by atoms with E-state index in [-0.39, 0.29) is 0 Å². The first-order chi connectivity index (χ1) is 8.26. The summed E-state index contributed by atoms with van der Waals surface area (Å²) < 4.78 is 0. The molecule has 0 aliphatic rings. The molecule has 0 radical (unpaired) electrons. The van der Waals surface area contributed by atoms with Gasteiger partial charge in [-0.1, -0.05) is 39.7 Å². The number of thiophene rings is 1. The fourth-order valence-electron chi connectivity index (χ4n) is 2.28. The van der Waals surface area contributed by atoms with E-state index in [1.54, 1.807) is 0 Å². The van der Waals surface area contributed by atoms with Crippen LogP contribution in [0.1, 0.15) is 44.5 Å². The van der Waals surface area contributed by atoms with Gasteiger partial charge >= 0.3 is 0 Å². The summed E-state index contributed by atoms with van der Waals surface area (Å²) in [5.74, 6) is 0.795. The molecule has 98 valence electrons. The lowest BCUT2D eigenvalue weighted by Gasteiger charge is -2.32. The Morgan fingerprint density at radius 2 is 2.00 bits per heavy atom. The van der Waals surface area contributed by atoms with Crippen LogP contribution in [0.25, 0.3) is 0 Å². The molecule has 0 aliphatic carbocycles. The van der Waals surface area contributed by atoms with E-state index in [2.05, 4.69) is 43.2 Å². The van der Waals surface area contributed by atoms with Crippen LogP contribution in [-0.4, -0.2) is 24.5 Å². The summed E-state index contributed by atoms with van der Waals surface area (Å²) in [6.45, 7) is 9.77. The second kappa shape index (κ2) is 7.85. The van der Waals surface area contributed by atoms with Gasteiger partial charge in [-0.2, -0.15) is 0 Å². The Balaban J connectivity index is 2.70. The predicted octanol–water partition coefficient (Wildman–Crippen LogP) is 3.51. The zero-order chi connectivity index (χ0) is 12.7. The van der Waals surface area contributed by atoms with E-state index in [1.165, 1.54) is 24.3 Å². The predicted molar refractivity (Wildman–Crippen MR) is 77.4 cm³/mol. The molecular weight excluding hydrogens is 228 g/mol. The second-order valence-electron chi connectivity index (χ2n) is 4.54. The zero-order valence-corrected chi connectivity index (χ0v) is 12.2. The van der Waals surface area contributed by atoms with Gasteiger partial charge in [-0.3, -0.25) is 4.90 Å². The Bertz CT molecular complexity index is 280. The molecule has 3 heteroatoms. The lowest BCUT2D eigenvalue weighted by Crippen LogP contribution is -2.36. The Labute approximate surface area is 110 Å². The fraction of sp³-hybridized carbons (Fsp3) is 0.714. The molecule has 1 aromatic rings. The summed E-state index contributed by atoms with van der Waals surface area (Å²) in [6, 6.07) is 4.73. The van der Waals surface area contributed by atoms with E-state index in [1.807, 2.05) is 11.3 Å². The Kier molecular flexibility index (Phi) is 6.78. The first kappa shape index (κ1) is 14.7. The van der Waals surface area contributed by atoms with E-state index < -0.39 is 0 Å². The van der Waals surface area contributed by atoms with Gasteiger partial charge in [0.15, 0.2) is 0 Å². The van der Waals surface area contributed by atoms with Crippen LogP contribution in [-0.2, 0) is 0 Å². The molecular formula is C14H26N2S. The molecule has 0 aliphatic heterocycles. The standard InChI is InChI=1S/C14H26N2S/c1-4-12(5-2)11-16(6-3)13(10-15)14-8-7-9-17-14/h7-9,12-13H,4-6,10-11,15H2,1-3H3. The molecule has 0 fully saturated rings. The first-order valence-electron chi connectivity index (χ1n) is 6.74. The van der Waals surface area contributed by atoms with Gasteiger partial charge in [0.25, 0.3) is 0 Å². The smallest absolute Gasteiger partial charge is 0.0564 e. The number of hydrogen-bond acceptors (Lipinski definition) is 3. The van der Waals surface area contributed by atoms with Crippen molar-refractivity contribution in [3.8, 4) is 0 Å². The summed E-state index contributed by atoms with van der Waals surface area (Å²) in [5.41, 5.74) is 5.96. The molecule has 0 aromatic carbocycles. The van der Waals surface area contributed by atoms with Crippen LogP contribution in [0.4, 0.5) is 0 Å². The molecule has 0 saturated carbocycles. The Hall–Kier alpha value is -0.380. The summed E-state index contributed by atoms with van der Waals surface area (Å²) >= 11 is 1.82. The summed E-state index contributed by atoms with van der Waals surface area (Å²) in [5, 5.41) is 2.14. The van der Waals surface area contributed by atoms with Crippen molar-refractivity contribution in [2.75, 3.05) is 19.6 Å². The number of nitrogens with two attached hydrogens (primary N) is 1. The van der Waals surface area contributed by atoms with Gasteiger partial charge < -0.3 is 5.73 Å². The van der Waals surface area contributed by atoms with Crippen LogP contribution in [0, 0.1) is 5.92 Å². The van der Waals surface area contributed by atoms with Crippen LogP contribution < -0.4 is 5.73 Å². The quantitative estimate of drug-likeness (QED) is 0.769. The third kappa shape index (κ3) is 4.09. The molecule has 2 N–H and O–H groups in total. The maximum absolute atomic E-state index is 5.96. The van der Waals surface area contributed by atoms with Crippen LogP contribution in [0.15, 0.2) is 17.5 Å². The normalized spacial score (nSPS) is 13.5. The van der Waals surface area contributed by atoms with Gasteiger partial charge in [0.05, 0.1) is 6.04 Å². The van der Waals surface area contributed by atoms with E-state index >= 15 is 0 Å². The highest BCUT2D eigenvalue weighted by atomic mass is 32.1. The zero-order valence-electron chi connectivity index (χ0n) is 11.4. The number of hydrogen-bond donors (Lipinski definition) is 1. The van der Waals surface area contributed by atoms with Crippen molar-refractivity contribution in [1.82, 2.24) is 4.90 Å². The molecule has 0 bridgehead atoms. The van der Waals surface area contributed by atoms with Crippen molar-refractivity contribution in [3.05, 3.63) is 22.4 Å². The topological polar surface area (TPSA) is 29.3 Å². The maximum atomic E-state index is 5.96. The van der Waals surface area contributed by atoms with Crippen molar-refractivity contribution >= 4 is 11.3 Å². The van der Waals surface area contributed by atoms with Crippen molar-refractivity contribution in [1.29, 1.82) is 0 Å². The third-order valence-electron chi connectivity index (χ3n) is 3.59. The number of likely N-dealkylation sites (N-methyl/N-ethyl adjacent to an activating group) is 1. The van der Waals surface area contributed by atoms with Crippen LogP contribution in [0.5, 0.6) is 0 Å². The molecule has 2 nitrogen and oxygen atoms in total. The van der Waals surface area contributed by atoms with E-state index in [9.17, 15) is 0 Å². The molecule has 0 spiro atoms. The Morgan fingerprint density at radius 1 is 1.29 bits per heavy atom. The minimum atomic E-state index is 0.403. The minimum absolute atomic E-state index is 0.403. The summed E-state index contributed by atoms with van der Waals surface area (Å²) in [7, 11) is 0. The molecule has 0 amide bonds. The van der Waals surface area contributed by atoms with Crippen LogP contribution in [0.2, 0.25) is 0 Å². The lowest BCUT2D eigenvalue weighted by molar-refractivity contribution is 0.176. The average molecular weight is 254 g/mol. The molecule has 1 atom stereocenters. The molecule has 1 heterocycles. The fourth-order valence-corrected chi connectivity index (χ4v) is 3.16. The van der Waals surface area contributed by atoms with Gasteiger partial charge in [0.1, 0.15) is 0 Å². The van der Waals surface area contributed by atoms with Crippen LogP contribution in [0.3, 0.4) is 0 Å². The first-order valence-corrected chi connectivity index (χ1v) is 7.62. The van der Waals surface area contributed by atoms with E-state index in [0.29, 0.717) is 12.6 Å². The monoisotopic (exact) mass is 254 g/mol. The number of nitrogens with zero attached hydrogens (tertiary/aromatic N) is 1. The SMILES string of the molecule is CCC(CC)CN(CC)C(CN)c1cccs1. The molecule has 17 heavy (non-hydrogen) atoms. The average Bonchev–Trinajstić information content (AvgIpc) is 2.88. The van der Waals surface area contributed by atoms with Gasteiger partial charge in [0, 0.05) is 18.0 Å². The molecule has 1 unspecified atom stereocenters.